The van der Waals surface area contributed by atoms with Crippen LogP contribution in [0.25, 0.3) is 0 Å². The largest absolute Gasteiger partial charge is 0.462 e. The Hall–Kier alpha value is -1.35. The van der Waals surface area contributed by atoms with Crippen molar-refractivity contribution in [3.8, 4) is 0 Å². The quantitative estimate of drug-likeness (QED) is 0.295. The Morgan fingerprint density at radius 1 is 0.875 bits per heavy atom. The zero-order valence-corrected chi connectivity index (χ0v) is 22.0. The topological polar surface area (TPSA) is 46.5 Å². The van der Waals surface area contributed by atoms with E-state index in [4.69, 9.17) is 4.74 Å². The van der Waals surface area contributed by atoms with E-state index in [0.717, 1.165) is 51.4 Å². The molecule has 1 N–H and O–H groups in total. The van der Waals surface area contributed by atoms with Crippen LogP contribution in [0.2, 0.25) is 0 Å². The van der Waals surface area contributed by atoms with Gasteiger partial charge >= 0.3 is 5.97 Å². The number of ether oxygens (including phenoxy) is 1. The molecule has 0 spiro atoms. The Labute approximate surface area is 197 Å². The van der Waals surface area contributed by atoms with Crippen molar-refractivity contribution >= 4 is 5.97 Å². The highest BCUT2D eigenvalue weighted by atomic mass is 16.5. The number of esters is 1. The van der Waals surface area contributed by atoms with Gasteiger partial charge in [-0.05, 0) is 104 Å². The van der Waals surface area contributed by atoms with Crippen LogP contribution in [-0.2, 0) is 9.53 Å². The molecular weight excluding hydrogens is 396 g/mol. The van der Waals surface area contributed by atoms with Crippen LogP contribution in [0, 0.1) is 22.7 Å². The van der Waals surface area contributed by atoms with Crippen molar-refractivity contribution in [2.75, 3.05) is 0 Å². The van der Waals surface area contributed by atoms with Crippen molar-refractivity contribution in [1.29, 1.82) is 0 Å². The van der Waals surface area contributed by atoms with E-state index in [1.54, 1.807) is 6.92 Å². The number of carbonyl (C=O) groups is 1. The van der Waals surface area contributed by atoms with E-state index in [2.05, 4.69) is 66.7 Å². The Balaban J connectivity index is 2.44. The van der Waals surface area contributed by atoms with Gasteiger partial charge in [0.25, 0.3) is 0 Å². The molecule has 2 bridgehead atoms. The van der Waals surface area contributed by atoms with E-state index in [1.165, 1.54) is 16.7 Å². The lowest BCUT2D eigenvalue weighted by Gasteiger charge is -2.60. The Morgan fingerprint density at radius 3 is 1.97 bits per heavy atom. The minimum atomic E-state index is -0.298. The standard InChI is InChI=1S/C29H48O3/c1-20(2)11-9-15-28(8)19-26(31)29(16-10-12-21(3)4)17-24(14-13-22(5)6)27(25(28)18-29)32-23(7)30/h11-13,24-27,31H,9-10,14-19H2,1-8H3/t24-,25+,26+,27+,28-,29-/m1/s1. The second-order valence-electron chi connectivity index (χ2n) is 11.7. The number of allylic oxidation sites excluding steroid dienone is 6. The summed E-state index contributed by atoms with van der Waals surface area (Å²) in [6, 6.07) is 0. The number of aliphatic hydroxyl groups excluding tert-OH is 1. The molecule has 2 saturated carbocycles. The SMILES string of the molecule is CC(=O)O[C@H]1[C@H](CC=C(C)C)C[C@]2(CCC=C(C)C)C[C@@H]1[C@](C)(CCC=C(C)C)C[C@@H]2O. The van der Waals surface area contributed by atoms with Crippen molar-refractivity contribution in [2.45, 2.75) is 119 Å². The molecule has 32 heavy (non-hydrogen) atoms. The number of fused-ring (bicyclic) bond motifs is 2. The molecule has 0 aliphatic heterocycles. The molecule has 3 heteroatoms. The summed E-state index contributed by atoms with van der Waals surface area (Å²) >= 11 is 0. The molecule has 182 valence electrons. The molecule has 0 amide bonds. The van der Waals surface area contributed by atoms with E-state index in [0.29, 0.717) is 0 Å². The van der Waals surface area contributed by atoms with Gasteiger partial charge in [-0.15, -0.1) is 0 Å². The third-order valence-corrected chi connectivity index (χ3v) is 8.01. The summed E-state index contributed by atoms with van der Waals surface area (Å²) in [5.41, 5.74) is 3.86. The summed E-state index contributed by atoms with van der Waals surface area (Å²) in [6.45, 7) is 16.7. The molecular formula is C29H48O3. The summed E-state index contributed by atoms with van der Waals surface area (Å²) in [4.78, 5) is 12.2. The van der Waals surface area contributed by atoms with Crippen molar-refractivity contribution in [2.24, 2.45) is 22.7 Å². The first-order chi connectivity index (χ1) is 14.9. The molecule has 0 aromatic heterocycles. The Morgan fingerprint density at radius 2 is 1.44 bits per heavy atom. The summed E-state index contributed by atoms with van der Waals surface area (Å²) in [6.07, 6.45) is 14.2. The van der Waals surface area contributed by atoms with E-state index in [-0.39, 0.29) is 40.8 Å². The monoisotopic (exact) mass is 444 g/mol. The normalized spacial score (nSPS) is 33.8. The number of rotatable bonds is 9. The van der Waals surface area contributed by atoms with Gasteiger partial charge in [-0.3, -0.25) is 4.79 Å². The number of hydrogen-bond acceptors (Lipinski definition) is 3. The Bertz CT molecular complexity index is 734. The predicted octanol–water partition coefficient (Wildman–Crippen LogP) is 7.55. The number of hydrogen-bond donors (Lipinski definition) is 1. The zero-order valence-electron chi connectivity index (χ0n) is 22.0. The third-order valence-electron chi connectivity index (χ3n) is 8.01. The number of aliphatic hydroxyl groups is 1. The van der Waals surface area contributed by atoms with E-state index in [1.807, 2.05) is 0 Å². The van der Waals surface area contributed by atoms with Crippen LogP contribution in [0.15, 0.2) is 34.9 Å². The van der Waals surface area contributed by atoms with Crippen LogP contribution in [0.1, 0.15) is 107 Å². The maximum atomic E-state index is 12.2. The van der Waals surface area contributed by atoms with E-state index < -0.39 is 0 Å². The molecule has 2 fully saturated rings. The lowest BCUT2D eigenvalue weighted by atomic mass is 9.47. The van der Waals surface area contributed by atoms with Crippen LogP contribution in [0.3, 0.4) is 0 Å². The first-order valence-electron chi connectivity index (χ1n) is 12.6. The smallest absolute Gasteiger partial charge is 0.302 e. The van der Waals surface area contributed by atoms with Gasteiger partial charge in [0, 0.05) is 18.8 Å². The van der Waals surface area contributed by atoms with Crippen molar-refractivity contribution in [3.05, 3.63) is 34.9 Å². The second kappa shape index (κ2) is 11.2. The summed E-state index contributed by atoms with van der Waals surface area (Å²) in [7, 11) is 0. The molecule has 2 aliphatic rings. The van der Waals surface area contributed by atoms with Crippen LogP contribution in [0.5, 0.6) is 0 Å². The first-order valence-corrected chi connectivity index (χ1v) is 12.6. The van der Waals surface area contributed by atoms with Gasteiger partial charge in [0.1, 0.15) is 6.10 Å². The van der Waals surface area contributed by atoms with Gasteiger partial charge in [-0.1, -0.05) is 41.9 Å². The Kier molecular flexibility index (Phi) is 9.40. The van der Waals surface area contributed by atoms with E-state index in [9.17, 15) is 9.90 Å². The van der Waals surface area contributed by atoms with Gasteiger partial charge in [0.2, 0.25) is 0 Å². The molecule has 0 heterocycles. The van der Waals surface area contributed by atoms with Crippen LogP contribution in [-0.4, -0.2) is 23.3 Å². The van der Waals surface area contributed by atoms with Gasteiger partial charge < -0.3 is 9.84 Å². The fourth-order valence-corrected chi connectivity index (χ4v) is 6.30. The van der Waals surface area contributed by atoms with Gasteiger partial charge in [-0.2, -0.15) is 0 Å². The fraction of sp³-hybridized carbons (Fsp3) is 0.759. The molecule has 0 radical (unpaired) electrons. The number of carbonyl (C=O) groups excluding carboxylic acids is 1. The van der Waals surface area contributed by atoms with Crippen molar-refractivity contribution < 1.29 is 14.6 Å². The maximum Gasteiger partial charge on any atom is 0.302 e. The molecule has 2 aliphatic carbocycles. The van der Waals surface area contributed by atoms with Crippen molar-refractivity contribution in [1.82, 2.24) is 0 Å². The average molecular weight is 445 g/mol. The van der Waals surface area contributed by atoms with E-state index >= 15 is 0 Å². The summed E-state index contributed by atoms with van der Waals surface area (Å²) in [5.74, 6) is 0.375. The minimum Gasteiger partial charge on any atom is -0.462 e. The molecule has 0 unspecified atom stereocenters. The van der Waals surface area contributed by atoms with Crippen molar-refractivity contribution in [3.63, 3.8) is 0 Å². The van der Waals surface area contributed by atoms with Gasteiger partial charge in [0.05, 0.1) is 6.10 Å². The molecule has 0 saturated heterocycles. The lowest BCUT2D eigenvalue weighted by Crippen LogP contribution is -2.59. The molecule has 3 nitrogen and oxygen atoms in total. The molecule has 2 rings (SSSR count). The first kappa shape index (κ1) is 26.9. The molecule has 6 atom stereocenters. The fourth-order valence-electron chi connectivity index (χ4n) is 6.30. The highest BCUT2D eigenvalue weighted by Gasteiger charge is 2.59. The molecule has 0 aromatic carbocycles. The van der Waals surface area contributed by atoms with Crippen LogP contribution < -0.4 is 0 Å². The van der Waals surface area contributed by atoms with Gasteiger partial charge in [0.15, 0.2) is 0 Å². The highest BCUT2D eigenvalue weighted by Crippen LogP contribution is 2.62. The predicted molar refractivity (Wildman–Crippen MR) is 134 cm³/mol. The maximum absolute atomic E-state index is 12.2. The molecule has 0 aromatic rings. The van der Waals surface area contributed by atoms with Gasteiger partial charge in [-0.25, -0.2) is 0 Å². The van der Waals surface area contributed by atoms with Crippen LogP contribution in [0.4, 0.5) is 0 Å². The third kappa shape index (κ3) is 6.83. The summed E-state index contributed by atoms with van der Waals surface area (Å²) in [5, 5.41) is 11.6. The lowest BCUT2D eigenvalue weighted by molar-refractivity contribution is -0.200. The highest BCUT2D eigenvalue weighted by molar-refractivity contribution is 5.66. The zero-order chi connectivity index (χ0) is 24.1. The van der Waals surface area contributed by atoms with Crippen LogP contribution >= 0.6 is 0 Å². The minimum absolute atomic E-state index is 0.0326. The average Bonchev–Trinajstić information content (AvgIpc) is 2.65. The summed E-state index contributed by atoms with van der Waals surface area (Å²) < 4.78 is 6.09. The second-order valence-corrected chi connectivity index (χ2v) is 11.7.